The van der Waals surface area contributed by atoms with Crippen molar-refractivity contribution in [3.63, 3.8) is 0 Å². The Hall–Kier alpha value is -8.01. The van der Waals surface area contributed by atoms with Crippen LogP contribution in [0.15, 0.2) is 224 Å². The van der Waals surface area contributed by atoms with Gasteiger partial charge in [0.25, 0.3) is 0 Å². The minimum absolute atomic E-state index is 0.915. The number of hydrogen-bond acceptors (Lipinski definition) is 1. The van der Waals surface area contributed by atoms with E-state index >= 15 is 0 Å². The molecule has 0 atom stereocenters. The van der Waals surface area contributed by atoms with Crippen LogP contribution in [0.1, 0.15) is 0 Å². The molecule has 0 bridgehead atoms. The van der Waals surface area contributed by atoms with Crippen molar-refractivity contribution in [2.24, 2.45) is 0 Å². The van der Waals surface area contributed by atoms with Gasteiger partial charge in [-0.1, -0.05) is 170 Å². The molecule has 10 aromatic carbocycles. The molecule has 60 heavy (non-hydrogen) atoms. The summed E-state index contributed by atoms with van der Waals surface area (Å²) in [6, 6.07) is 81.2. The molecule has 2 heterocycles. The van der Waals surface area contributed by atoms with Gasteiger partial charge in [-0.2, -0.15) is 0 Å². The van der Waals surface area contributed by atoms with Gasteiger partial charge in [-0.25, -0.2) is 4.98 Å². The largest absolute Gasteiger partial charge is 0.308 e. The number of aromatic nitrogens is 3. The molecule has 0 aliphatic rings. The fourth-order valence-electron chi connectivity index (χ4n) is 9.40. The highest BCUT2D eigenvalue weighted by molar-refractivity contribution is 6.22. The SMILES string of the molecule is c1ccc(-c2c(-c3ccccc3)n(-c3ccc(-c4nc5ccccc5n4-c4ccccc4)cc3)c3c2ccc2c4cccc(-c5ccc6ccccc6c5)c4ccc23)cc1. The summed E-state index contributed by atoms with van der Waals surface area (Å²) >= 11 is 0. The Bertz CT molecular complexity index is 3560. The van der Waals surface area contributed by atoms with Gasteiger partial charge in [0.2, 0.25) is 0 Å². The van der Waals surface area contributed by atoms with Crippen LogP contribution in [-0.4, -0.2) is 14.1 Å². The second kappa shape index (κ2) is 13.8. The van der Waals surface area contributed by atoms with E-state index in [0.29, 0.717) is 0 Å². The lowest BCUT2D eigenvalue weighted by atomic mass is 9.92. The number of hydrogen-bond donors (Lipinski definition) is 0. The molecule has 0 radical (unpaired) electrons. The third-order valence-corrected chi connectivity index (χ3v) is 12.1. The zero-order valence-corrected chi connectivity index (χ0v) is 32.7. The Balaban J connectivity index is 1.12. The Kier molecular flexibility index (Phi) is 7.85. The first-order chi connectivity index (χ1) is 29.8. The van der Waals surface area contributed by atoms with E-state index in [9.17, 15) is 0 Å². The molecule has 0 fully saturated rings. The standard InChI is InChI=1S/C57H37N3/c1-4-16-39(17-5-1)54-51-36-34-49-47-24-14-23-46(43-28-27-38-15-10-11-20-42(38)37-43)48(47)33-35-50(49)56(51)60(55(54)40-18-6-2-7-19-40)45-31-29-41(30-32-45)57-58-52-25-12-13-26-53(52)59(57)44-21-8-3-9-22-44/h1-37H. The fraction of sp³-hybridized carbons (Fsp3) is 0. The van der Waals surface area contributed by atoms with Crippen molar-refractivity contribution in [2.75, 3.05) is 0 Å². The lowest BCUT2D eigenvalue weighted by Gasteiger charge is -2.16. The van der Waals surface area contributed by atoms with Crippen molar-refractivity contribution in [1.29, 1.82) is 0 Å². The van der Waals surface area contributed by atoms with Crippen molar-refractivity contribution in [2.45, 2.75) is 0 Å². The summed E-state index contributed by atoms with van der Waals surface area (Å²) in [5, 5.41) is 8.64. The van der Waals surface area contributed by atoms with Gasteiger partial charge in [0.05, 0.1) is 22.2 Å². The fourth-order valence-corrected chi connectivity index (χ4v) is 9.40. The molecule has 3 nitrogen and oxygen atoms in total. The molecule has 0 saturated heterocycles. The summed E-state index contributed by atoms with van der Waals surface area (Å²) in [6.07, 6.45) is 0. The van der Waals surface area contributed by atoms with Gasteiger partial charge in [-0.05, 0) is 104 Å². The third kappa shape index (κ3) is 5.40. The molecule has 0 amide bonds. The summed E-state index contributed by atoms with van der Waals surface area (Å²) in [5.74, 6) is 0.915. The number of para-hydroxylation sites is 3. The molecular weight excluding hydrogens is 727 g/mol. The molecule has 0 spiro atoms. The Morgan fingerprint density at radius 1 is 0.333 bits per heavy atom. The second-order valence-electron chi connectivity index (χ2n) is 15.5. The number of benzene rings is 10. The molecule has 0 saturated carbocycles. The average Bonchev–Trinajstić information content (AvgIpc) is 3.89. The van der Waals surface area contributed by atoms with Gasteiger partial charge in [0.1, 0.15) is 5.82 Å². The smallest absolute Gasteiger partial charge is 0.145 e. The van der Waals surface area contributed by atoms with Gasteiger partial charge in [-0.15, -0.1) is 0 Å². The molecule has 0 unspecified atom stereocenters. The third-order valence-electron chi connectivity index (χ3n) is 12.1. The first kappa shape index (κ1) is 34.1. The summed E-state index contributed by atoms with van der Waals surface area (Å²) < 4.78 is 4.77. The summed E-state index contributed by atoms with van der Waals surface area (Å²) in [5.41, 5.74) is 13.7. The molecule has 2 aromatic heterocycles. The number of nitrogens with zero attached hydrogens (tertiary/aromatic N) is 3. The van der Waals surface area contributed by atoms with E-state index in [0.717, 1.165) is 39.4 Å². The Morgan fingerprint density at radius 3 is 1.73 bits per heavy atom. The molecule has 3 heteroatoms. The van der Waals surface area contributed by atoms with Crippen molar-refractivity contribution in [3.8, 4) is 56.3 Å². The maximum absolute atomic E-state index is 5.19. The van der Waals surface area contributed by atoms with Gasteiger partial charge < -0.3 is 4.57 Å². The first-order valence-electron chi connectivity index (χ1n) is 20.6. The predicted octanol–water partition coefficient (Wildman–Crippen LogP) is 15.1. The molecule has 12 rings (SSSR count). The monoisotopic (exact) mass is 763 g/mol. The van der Waals surface area contributed by atoms with Crippen LogP contribution in [-0.2, 0) is 0 Å². The van der Waals surface area contributed by atoms with E-state index in [1.165, 1.54) is 71.2 Å². The van der Waals surface area contributed by atoms with E-state index in [1.807, 2.05) is 0 Å². The summed E-state index contributed by atoms with van der Waals surface area (Å²) in [7, 11) is 0. The van der Waals surface area contributed by atoms with Crippen molar-refractivity contribution >= 4 is 54.3 Å². The molecule has 0 aliphatic heterocycles. The van der Waals surface area contributed by atoms with E-state index in [1.54, 1.807) is 0 Å². The molecule has 12 aromatic rings. The van der Waals surface area contributed by atoms with Gasteiger partial charge in [-0.3, -0.25) is 4.57 Å². The van der Waals surface area contributed by atoms with Crippen LogP contribution in [0.25, 0.3) is 111 Å². The minimum atomic E-state index is 0.915. The van der Waals surface area contributed by atoms with E-state index in [4.69, 9.17) is 4.98 Å². The normalized spacial score (nSPS) is 11.7. The molecule has 280 valence electrons. The average molecular weight is 764 g/mol. The predicted molar refractivity (Wildman–Crippen MR) is 252 cm³/mol. The van der Waals surface area contributed by atoms with Crippen LogP contribution >= 0.6 is 0 Å². The van der Waals surface area contributed by atoms with Crippen LogP contribution in [0, 0.1) is 0 Å². The topological polar surface area (TPSA) is 22.8 Å². The minimum Gasteiger partial charge on any atom is -0.308 e. The highest BCUT2D eigenvalue weighted by Crippen LogP contribution is 2.47. The molecular formula is C57H37N3. The van der Waals surface area contributed by atoms with Crippen LogP contribution in [0.3, 0.4) is 0 Å². The van der Waals surface area contributed by atoms with Gasteiger partial charge >= 0.3 is 0 Å². The number of fused-ring (bicyclic) bond motifs is 7. The van der Waals surface area contributed by atoms with E-state index in [-0.39, 0.29) is 0 Å². The Labute approximate surface area is 347 Å². The highest BCUT2D eigenvalue weighted by Gasteiger charge is 2.24. The lowest BCUT2D eigenvalue weighted by molar-refractivity contribution is 1.10. The first-order valence-corrected chi connectivity index (χ1v) is 20.6. The van der Waals surface area contributed by atoms with Crippen LogP contribution in [0.5, 0.6) is 0 Å². The number of imidazole rings is 1. The van der Waals surface area contributed by atoms with Gasteiger partial charge in [0, 0.05) is 33.3 Å². The maximum atomic E-state index is 5.19. The lowest BCUT2D eigenvalue weighted by Crippen LogP contribution is -2.00. The van der Waals surface area contributed by atoms with Crippen molar-refractivity contribution in [1.82, 2.24) is 14.1 Å². The quantitative estimate of drug-likeness (QED) is 0.155. The zero-order chi connectivity index (χ0) is 39.6. The van der Waals surface area contributed by atoms with Crippen LogP contribution in [0.4, 0.5) is 0 Å². The Morgan fingerprint density at radius 2 is 0.933 bits per heavy atom. The summed E-state index contributed by atoms with van der Waals surface area (Å²) in [6.45, 7) is 0. The molecule has 0 aliphatic carbocycles. The van der Waals surface area contributed by atoms with Crippen molar-refractivity contribution in [3.05, 3.63) is 224 Å². The zero-order valence-electron chi connectivity index (χ0n) is 32.7. The number of rotatable bonds is 6. The van der Waals surface area contributed by atoms with Crippen LogP contribution < -0.4 is 0 Å². The van der Waals surface area contributed by atoms with E-state index in [2.05, 4.69) is 234 Å². The van der Waals surface area contributed by atoms with E-state index < -0.39 is 0 Å². The molecule has 0 N–H and O–H groups in total. The van der Waals surface area contributed by atoms with Crippen LogP contribution in [0.2, 0.25) is 0 Å². The maximum Gasteiger partial charge on any atom is 0.145 e. The second-order valence-corrected chi connectivity index (χ2v) is 15.5. The van der Waals surface area contributed by atoms with Crippen molar-refractivity contribution < 1.29 is 0 Å². The van der Waals surface area contributed by atoms with Gasteiger partial charge in [0.15, 0.2) is 0 Å². The highest BCUT2D eigenvalue weighted by atomic mass is 15.1. The summed E-state index contributed by atoms with van der Waals surface area (Å²) in [4.78, 5) is 5.19.